The number of hydrogen-bond donors (Lipinski definition) is 0. The molecule has 1 fully saturated rings. The third-order valence-corrected chi connectivity index (χ3v) is 7.25. The SMILES string of the molecule is CCCN1c2cc3onc(CCC4CCN(Cc5ccccc5)CC4)c3cc2CC1C=O. The number of benzene rings is 2. The molecule has 1 atom stereocenters. The molecule has 0 radical (unpaired) electrons. The molecule has 1 saturated heterocycles. The number of hydrogen-bond acceptors (Lipinski definition) is 5. The Bertz CT molecular complexity index is 1050. The molecular formula is C27H33N3O2. The lowest BCUT2D eigenvalue weighted by Crippen LogP contribution is -2.33. The standard InChI is InChI=1S/C27H33N3O2/c1-2-12-30-23(19-31)15-22-16-24-25(28-32-27(24)17-26(22)30)9-8-20-10-13-29(14-11-20)18-21-6-4-3-5-7-21/h3-7,16-17,19-20,23H,2,8-15,18H2,1H3. The number of nitrogens with zero attached hydrogens (tertiary/aromatic N) is 3. The zero-order valence-electron chi connectivity index (χ0n) is 19.0. The van der Waals surface area contributed by atoms with Crippen molar-refractivity contribution >= 4 is 22.9 Å². The number of aldehydes is 1. The summed E-state index contributed by atoms with van der Waals surface area (Å²) in [5, 5.41) is 5.56. The Morgan fingerprint density at radius 2 is 1.97 bits per heavy atom. The first-order valence-electron chi connectivity index (χ1n) is 12.1. The predicted octanol–water partition coefficient (Wildman–Crippen LogP) is 5.01. The van der Waals surface area contributed by atoms with Gasteiger partial charge in [0.05, 0.1) is 11.7 Å². The second-order valence-corrected chi connectivity index (χ2v) is 9.45. The normalized spacial score (nSPS) is 19.5. The van der Waals surface area contributed by atoms with Crippen LogP contribution in [0.15, 0.2) is 47.0 Å². The van der Waals surface area contributed by atoms with Gasteiger partial charge in [-0.1, -0.05) is 42.4 Å². The molecule has 0 amide bonds. The van der Waals surface area contributed by atoms with Gasteiger partial charge in [0.2, 0.25) is 0 Å². The summed E-state index contributed by atoms with van der Waals surface area (Å²) in [4.78, 5) is 16.4. The van der Waals surface area contributed by atoms with Gasteiger partial charge in [0, 0.05) is 36.7 Å². The second kappa shape index (κ2) is 9.45. The minimum absolute atomic E-state index is 0.0473. The van der Waals surface area contributed by atoms with Gasteiger partial charge in [-0.2, -0.15) is 0 Å². The van der Waals surface area contributed by atoms with E-state index in [1.807, 2.05) is 0 Å². The summed E-state index contributed by atoms with van der Waals surface area (Å²) in [5.41, 5.74) is 5.73. The van der Waals surface area contributed by atoms with Crippen molar-refractivity contribution in [1.82, 2.24) is 10.1 Å². The van der Waals surface area contributed by atoms with E-state index < -0.39 is 0 Å². The van der Waals surface area contributed by atoms with E-state index in [1.54, 1.807) is 0 Å². The summed E-state index contributed by atoms with van der Waals surface area (Å²) >= 11 is 0. The van der Waals surface area contributed by atoms with E-state index in [1.165, 1.54) is 37.1 Å². The Kier molecular flexibility index (Phi) is 6.26. The van der Waals surface area contributed by atoms with Gasteiger partial charge >= 0.3 is 0 Å². The van der Waals surface area contributed by atoms with Crippen LogP contribution in [-0.2, 0) is 24.2 Å². The fourth-order valence-corrected chi connectivity index (χ4v) is 5.46. The molecule has 5 nitrogen and oxygen atoms in total. The van der Waals surface area contributed by atoms with E-state index in [0.717, 1.165) is 73.3 Å². The van der Waals surface area contributed by atoms with E-state index in [0.29, 0.717) is 0 Å². The van der Waals surface area contributed by atoms with Gasteiger partial charge in [0.1, 0.15) is 6.29 Å². The van der Waals surface area contributed by atoms with E-state index in [-0.39, 0.29) is 6.04 Å². The number of rotatable bonds is 8. The number of aryl methyl sites for hydroxylation is 1. The topological polar surface area (TPSA) is 49.6 Å². The molecule has 0 aliphatic carbocycles. The summed E-state index contributed by atoms with van der Waals surface area (Å²) in [6, 6.07) is 15.1. The molecule has 32 heavy (non-hydrogen) atoms. The average molecular weight is 432 g/mol. The van der Waals surface area contributed by atoms with Crippen molar-refractivity contribution < 1.29 is 9.32 Å². The molecule has 0 saturated carbocycles. The molecule has 3 aromatic rings. The van der Waals surface area contributed by atoms with Crippen LogP contribution >= 0.6 is 0 Å². The van der Waals surface area contributed by atoms with Crippen LogP contribution in [-0.4, -0.2) is 42.0 Å². The molecule has 0 spiro atoms. The van der Waals surface area contributed by atoms with E-state index in [4.69, 9.17) is 4.52 Å². The molecule has 2 aliphatic rings. The summed E-state index contributed by atoms with van der Waals surface area (Å²) in [5.74, 6) is 0.752. The Labute approximate surface area is 190 Å². The highest BCUT2D eigenvalue weighted by atomic mass is 16.5. The molecule has 168 valence electrons. The van der Waals surface area contributed by atoms with Crippen molar-refractivity contribution in [2.75, 3.05) is 24.5 Å². The number of piperidine rings is 1. The molecule has 1 aromatic heterocycles. The highest BCUT2D eigenvalue weighted by Crippen LogP contribution is 2.37. The first-order valence-corrected chi connectivity index (χ1v) is 12.1. The van der Waals surface area contributed by atoms with Crippen LogP contribution in [0.3, 0.4) is 0 Å². The maximum absolute atomic E-state index is 11.6. The number of carbonyl (C=O) groups excluding carboxylic acids is 1. The maximum atomic E-state index is 11.6. The number of carbonyl (C=O) groups is 1. The van der Waals surface area contributed by atoms with Crippen LogP contribution < -0.4 is 4.90 Å². The first-order chi connectivity index (χ1) is 15.7. The lowest BCUT2D eigenvalue weighted by Gasteiger charge is -2.32. The lowest BCUT2D eigenvalue weighted by molar-refractivity contribution is -0.108. The molecule has 1 unspecified atom stereocenters. The maximum Gasteiger partial charge on any atom is 0.169 e. The van der Waals surface area contributed by atoms with Crippen molar-refractivity contribution in [3.8, 4) is 0 Å². The minimum Gasteiger partial charge on any atom is -0.361 e. The highest BCUT2D eigenvalue weighted by Gasteiger charge is 2.30. The Morgan fingerprint density at radius 1 is 1.16 bits per heavy atom. The van der Waals surface area contributed by atoms with Crippen LogP contribution in [0.1, 0.15) is 49.4 Å². The second-order valence-electron chi connectivity index (χ2n) is 9.45. The predicted molar refractivity (Wildman–Crippen MR) is 128 cm³/mol. The summed E-state index contributed by atoms with van der Waals surface area (Å²) in [7, 11) is 0. The Morgan fingerprint density at radius 3 is 2.72 bits per heavy atom. The van der Waals surface area contributed by atoms with Crippen molar-refractivity contribution in [3.05, 3.63) is 59.3 Å². The molecular weight excluding hydrogens is 398 g/mol. The molecule has 2 aliphatic heterocycles. The third kappa shape index (κ3) is 4.31. The smallest absolute Gasteiger partial charge is 0.169 e. The molecule has 5 rings (SSSR count). The first kappa shape index (κ1) is 21.2. The van der Waals surface area contributed by atoms with Crippen LogP contribution in [0.25, 0.3) is 11.0 Å². The molecule has 0 bridgehead atoms. The van der Waals surface area contributed by atoms with Crippen LogP contribution in [0.4, 0.5) is 5.69 Å². The lowest BCUT2D eigenvalue weighted by atomic mass is 9.91. The zero-order valence-corrected chi connectivity index (χ0v) is 19.0. The van der Waals surface area contributed by atoms with E-state index in [2.05, 4.69) is 64.3 Å². The number of anilines is 1. The van der Waals surface area contributed by atoms with Gasteiger partial charge in [-0.3, -0.25) is 4.90 Å². The number of fused-ring (bicyclic) bond motifs is 2. The zero-order chi connectivity index (χ0) is 21.9. The van der Waals surface area contributed by atoms with E-state index >= 15 is 0 Å². The van der Waals surface area contributed by atoms with Crippen molar-refractivity contribution in [2.45, 2.75) is 58.0 Å². The monoisotopic (exact) mass is 431 g/mol. The van der Waals surface area contributed by atoms with Gasteiger partial charge < -0.3 is 14.2 Å². The molecule has 2 aromatic carbocycles. The Balaban J connectivity index is 1.20. The molecule has 5 heteroatoms. The van der Waals surface area contributed by atoms with Crippen LogP contribution in [0.2, 0.25) is 0 Å². The van der Waals surface area contributed by atoms with Crippen LogP contribution in [0, 0.1) is 5.92 Å². The number of aromatic nitrogens is 1. The third-order valence-electron chi connectivity index (χ3n) is 7.25. The quantitative estimate of drug-likeness (QED) is 0.469. The Hall–Kier alpha value is -2.66. The molecule has 3 heterocycles. The van der Waals surface area contributed by atoms with Crippen molar-refractivity contribution in [2.24, 2.45) is 5.92 Å². The highest BCUT2D eigenvalue weighted by molar-refractivity contribution is 5.87. The fourth-order valence-electron chi connectivity index (χ4n) is 5.46. The van der Waals surface area contributed by atoms with E-state index in [9.17, 15) is 4.79 Å². The van der Waals surface area contributed by atoms with Crippen molar-refractivity contribution in [1.29, 1.82) is 0 Å². The fraction of sp³-hybridized carbons (Fsp3) is 0.481. The van der Waals surface area contributed by atoms with Gasteiger partial charge in [0.25, 0.3) is 0 Å². The average Bonchev–Trinajstić information content (AvgIpc) is 3.38. The largest absolute Gasteiger partial charge is 0.361 e. The van der Waals surface area contributed by atoms with Gasteiger partial charge in [-0.25, -0.2) is 0 Å². The number of likely N-dealkylation sites (tertiary alicyclic amines) is 1. The van der Waals surface area contributed by atoms with Gasteiger partial charge in [-0.15, -0.1) is 0 Å². The summed E-state index contributed by atoms with van der Waals surface area (Å²) in [6.07, 6.45) is 7.53. The summed E-state index contributed by atoms with van der Waals surface area (Å²) < 4.78 is 5.72. The van der Waals surface area contributed by atoms with Gasteiger partial charge in [0.15, 0.2) is 5.58 Å². The van der Waals surface area contributed by atoms with Crippen molar-refractivity contribution in [3.63, 3.8) is 0 Å². The minimum atomic E-state index is -0.0473. The summed E-state index contributed by atoms with van der Waals surface area (Å²) in [6.45, 7) is 6.45. The molecule has 0 N–H and O–H groups in total. The van der Waals surface area contributed by atoms with Gasteiger partial charge in [-0.05, 0) is 68.3 Å². The van der Waals surface area contributed by atoms with Crippen LogP contribution in [0.5, 0.6) is 0 Å².